The third-order valence-corrected chi connectivity index (χ3v) is 5.29. The van der Waals surface area contributed by atoms with Crippen LogP contribution < -0.4 is 14.8 Å². The Morgan fingerprint density at radius 2 is 1.77 bits per heavy atom. The third-order valence-electron chi connectivity index (χ3n) is 4.69. The predicted octanol–water partition coefficient (Wildman–Crippen LogP) is 5.75. The van der Waals surface area contributed by atoms with Crippen molar-refractivity contribution in [3.05, 3.63) is 87.7 Å². The molecule has 7 heteroatoms. The number of ether oxygens (including phenoxy) is 2. The van der Waals surface area contributed by atoms with Crippen molar-refractivity contribution in [1.82, 2.24) is 15.3 Å². The van der Waals surface area contributed by atoms with E-state index < -0.39 is 0 Å². The summed E-state index contributed by atoms with van der Waals surface area (Å²) >= 11 is 12.4. The lowest BCUT2D eigenvalue weighted by Gasteiger charge is -2.14. The van der Waals surface area contributed by atoms with Crippen molar-refractivity contribution in [3.8, 4) is 11.5 Å². The van der Waals surface area contributed by atoms with Crippen LogP contribution in [0.25, 0.3) is 11.0 Å². The minimum atomic E-state index is 0.396. The highest BCUT2D eigenvalue weighted by molar-refractivity contribution is 6.31. The van der Waals surface area contributed by atoms with Gasteiger partial charge in [0.05, 0.1) is 24.7 Å². The van der Waals surface area contributed by atoms with Gasteiger partial charge in [-0.25, -0.2) is 4.98 Å². The number of hydrogen-bond donors (Lipinski definition) is 2. The second-order valence-electron chi connectivity index (χ2n) is 6.81. The molecule has 0 atom stereocenters. The molecule has 2 N–H and O–H groups in total. The summed E-state index contributed by atoms with van der Waals surface area (Å²) in [6.07, 6.45) is 0. The van der Waals surface area contributed by atoms with E-state index in [9.17, 15) is 0 Å². The van der Waals surface area contributed by atoms with Gasteiger partial charge in [-0.15, -0.1) is 0 Å². The quantitative estimate of drug-likeness (QED) is 0.365. The van der Waals surface area contributed by atoms with Gasteiger partial charge < -0.3 is 19.8 Å². The second kappa shape index (κ2) is 9.39. The first-order chi connectivity index (χ1) is 14.6. The van der Waals surface area contributed by atoms with Crippen molar-refractivity contribution in [1.29, 1.82) is 0 Å². The molecule has 4 rings (SSSR count). The molecule has 0 spiro atoms. The van der Waals surface area contributed by atoms with Crippen LogP contribution in [-0.4, -0.2) is 17.1 Å². The van der Waals surface area contributed by atoms with Gasteiger partial charge >= 0.3 is 0 Å². The molecule has 1 heterocycles. The van der Waals surface area contributed by atoms with E-state index >= 15 is 0 Å². The van der Waals surface area contributed by atoms with Crippen LogP contribution in [0.2, 0.25) is 10.0 Å². The van der Waals surface area contributed by atoms with E-state index in [2.05, 4.69) is 15.3 Å². The monoisotopic (exact) mass is 441 g/mol. The van der Waals surface area contributed by atoms with Gasteiger partial charge in [-0.1, -0.05) is 47.5 Å². The zero-order valence-electron chi connectivity index (χ0n) is 16.4. The number of para-hydroxylation sites is 2. The van der Waals surface area contributed by atoms with Crippen LogP contribution in [0.1, 0.15) is 17.0 Å². The number of nitrogens with zero attached hydrogens (tertiary/aromatic N) is 1. The van der Waals surface area contributed by atoms with Crippen molar-refractivity contribution in [2.45, 2.75) is 19.7 Å². The van der Waals surface area contributed by atoms with Crippen LogP contribution in [0.15, 0.2) is 60.7 Å². The van der Waals surface area contributed by atoms with Gasteiger partial charge in [0.2, 0.25) is 0 Å². The Hall–Kier alpha value is -2.73. The van der Waals surface area contributed by atoms with Crippen LogP contribution in [0, 0.1) is 0 Å². The largest absolute Gasteiger partial charge is 0.493 e. The Balaban J connectivity index is 1.40. The average molecular weight is 442 g/mol. The molecule has 5 nitrogen and oxygen atoms in total. The van der Waals surface area contributed by atoms with E-state index in [4.69, 9.17) is 32.7 Å². The van der Waals surface area contributed by atoms with Crippen molar-refractivity contribution in [3.63, 3.8) is 0 Å². The highest BCUT2D eigenvalue weighted by Crippen LogP contribution is 2.34. The standard InChI is InChI=1S/C23H21Cl2N3O2/c1-29-21-10-16(12-26-13-23-27-19-4-2-3-5-20(19)28-23)18(25)11-22(21)30-14-15-6-8-17(24)9-7-15/h2-11,26H,12-14H2,1H3,(H,27,28). The van der Waals surface area contributed by atoms with Crippen molar-refractivity contribution >= 4 is 34.2 Å². The van der Waals surface area contributed by atoms with Crippen molar-refractivity contribution < 1.29 is 9.47 Å². The Labute approximate surface area is 184 Å². The number of H-pyrrole nitrogens is 1. The first-order valence-electron chi connectivity index (χ1n) is 9.50. The SMILES string of the molecule is COc1cc(CNCc2nc3ccccc3[nH]2)c(Cl)cc1OCc1ccc(Cl)cc1. The van der Waals surface area contributed by atoms with Crippen molar-refractivity contribution in [2.24, 2.45) is 0 Å². The van der Waals surface area contributed by atoms with Gasteiger partial charge in [0.25, 0.3) is 0 Å². The number of nitrogens with one attached hydrogen (secondary N) is 2. The molecule has 0 saturated heterocycles. The summed E-state index contributed by atoms with van der Waals surface area (Å²) in [5, 5.41) is 4.67. The molecule has 0 aliphatic rings. The first-order valence-corrected chi connectivity index (χ1v) is 10.3. The maximum absolute atomic E-state index is 6.49. The summed E-state index contributed by atoms with van der Waals surface area (Å²) in [5.41, 5.74) is 3.91. The molecule has 0 radical (unpaired) electrons. The molecule has 0 saturated carbocycles. The van der Waals surface area contributed by atoms with Crippen LogP contribution >= 0.6 is 23.2 Å². The van der Waals surface area contributed by atoms with Crippen LogP contribution in [0.4, 0.5) is 0 Å². The topological polar surface area (TPSA) is 59.2 Å². The lowest BCUT2D eigenvalue weighted by atomic mass is 10.2. The molecule has 0 aliphatic heterocycles. The Morgan fingerprint density at radius 1 is 0.967 bits per heavy atom. The summed E-state index contributed by atoms with van der Waals surface area (Å²) in [6, 6.07) is 19.2. The Bertz CT molecular complexity index is 1110. The predicted molar refractivity (Wildman–Crippen MR) is 120 cm³/mol. The fourth-order valence-corrected chi connectivity index (χ4v) is 3.48. The van der Waals surface area contributed by atoms with E-state index in [-0.39, 0.29) is 0 Å². The molecule has 30 heavy (non-hydrogen) atoms. The normalized spacial score (nSPS) is 11.0. The minimum Gasteiger partial charge on any atom is -0.493 e. The molecule has 0 amide bonds. The first kappa shape index (κ1) is 20.5. The molecule has 4 aromatic rings. The third kappa shape index (κ3) is 4.87. The van der Waals surface area contributed by atoms with E-state index in [0.29, 0.717) is 41.2 Å². The lowest BCUT2D eigenvalue weighted by molar-refractivity contribution is 0.284. The fraction of sp³-hybridized carbons (Fsp3) is 0.174. The van der Waals surface area contributed by atoms with Crippen LogP contribution in [0.3, 0.4) is 0 Å². The van der Waals surface area contributed by atoms with Gasteiger partial charge in [0.15, 0.2) is 11.5 Å². The van der Waals surface area contributed by atoms with Gasteiger partial charge in [-0.05, 0) is 41.5 Å². The summed E-state index contributed by atoms with van der Waals surface area (Å²) < 4.78 is 11.4. The second-order valence-corrected chi connectivity index (χ2v) is 7.66. The molecule has 0 aliphatic carbocycles. The smallest absolute Gasteiger partial charge is 0.163 e. The molecule has 1 aromatic heterocycles. The van der Waals surface area contributed by atoms with Gasteiger partial charge in [0.1, 0.15) is 12.4 Å². The van der Waals surface area contributed by atoms with Crippen LogP contribution in [0.5, 0.6) is 11.5 Å². The number of aromatic nitrogens is 2. The van der Waals surface area contributed by atoms with E-state index in [1.165, 1.54) is 0 Å². The Morgan fingerprint density at radius 3 is 2.53 bits per heavy atom. The average Bonchev–Trinajstić information content (AvgIpc) is 3.17. The summed E-state index contributed by atoms with van der Waals surface area (Å²) in [7, 11) is 1.62. The highest BCUT2D eigenvalue weighted by atomic mass is 35.5. The maximum Gasteiger partial charge on any atom is 0.163 e. The highest BCUT2D eigenvalue weighted by Gasteiger charge is 2.11. The maximum atomic E-state index is 6.49. The van der Waals surface area contributed by atoms with E-state index in [0.717, 1.165) is 28.0 Å². The minimum absolute atomic E-state index is 0.396. The van der Waals surface area contributed by atoms with Gasteiger partial charge in [0, 0.05) is 22.7 Å². The van der Waals surface area contributed by atoms with E-state index in [1.807, 2.05) is 54.6 Å². The molecule has 0 fully saturated rings. The molecule has 0 unspecified atom stereocenters. The summed E-state index contributed by atoms with van der Waals surface area (Å²) in [5.74, 6) is 2.11. The number of hydrogen-bond acceptors (Lipinski definition) is 4. The molecule has 154 valence electrons. The zero-order valence-corrected chi connectivity index (χ0v) is 17.9. The van der Waals surface area contributed by atoms with Gasteiger partial charge in [-0.3, -0.25) is 0 Å². The molecule has 3 aromatic carbocycles. The number of rotatable bonds is 8. The number of aromatic amines is 1. The number of methoxy groups -OCH3 is 1. The Kier molecular flexibility index (Phi) is 6.43. The van der Waals surface area contributed by atoms with E-state index in [1.54, 1.807) is 13.2 Å². The molecule has 0 bridgehead atoms. The molecular weight excluding hydrogens is 421 g/mol. The van der Waals surface area contributed by atoms with Gasteiger partial charge in [-0.2, -0.15) is 0 Å². The lowest BCUT2D eigenvalue weighted by Crippen LogP contribution is -2.14. The number of fused-ring (bicyclic) bond motifs is 1. The zero-order chi connectivity index (χ0) is 20.9. The summed E-state index contributed by atoms with van der Waals surface area (Å²) in [4.78, 5) is 7.87. The van der Waals surface area contributed by atoms with Crippen molar-refractivity contribution in [2.75, 3.05) is 7.11 Å². The van der Waals surface area contributed by atoms with Crippen LogP contribution in [-0.2, 0) is 19.7 Å². The summed E-state index contributed by atoms with van der Waals surface area (Å²) in [6.45, 7) is 1.57. The fourth-order valence-electron chi connectivity index (χ4n) is 3.13. The number of imidazole rings is 1. The number of benzene rings is 3. The number of halogens is 2. The molecular formula is C23H21Cl2N3O2.